The number of nitrogens with one attached hydrogen (secondary N) is 3. The Bertz CT molecular complexity index is 2220. The van der Waals surface area contributed by atoms with Crippen LogP contribution in [0.25, 0.3) is 0 Å². The Kier molecular flexibility index (Phi) is 14.2. The van der Waals surface area contributed by atoms with E-state index in [4.69, 9.17) is 15.9 Å². The van der Waals surface area contributed by atoms with E-state index >= 15 is 0 Å². The van der Waals surface area contributed by atoms with E-state index in [1.807, 2.05) is 74.5 Å². The number of aldehydes is 1. The highest BCUT2D eigenvalue weighted by atomic mass is 16.5. The van der Waals surface area contributed by atoms with Crippen molar-refractivity contribution < 1.29 is 23.9 Å². The van der Waals surface area contributed by atoms with Gasteiger partial charge in [-0.2, -0.15) is 0 Å². The van der Waals surface area contributed by atoms with E-state index in [1.165, 1.54) is 17.6 Å². The monoisotopic (exact) mass is 842 g/mol. The van der Waals surface area contributed by atoms with Crippen LogP contribution in [0.3, 0.4) is 0 Å². The average molecular weight is 843 g/mol. The van der Waals surface area contributed by atoms with Gasteiger partial charge in [-0.3, -0.25) is 29.9 Å². The van der Waals surface area contributed by atoms with E-state index < -0.39 is 17.9 Å². The maximum Gasteiger partial charge on any atom is 0.255 e. The smallest absolute Gasteiger partial charge is 0.255 e. The number of carbonyl (C=O) groups excluding carboxylic acids is 4. The number of likely N-dealkylation sites (tertiary alicyclic amines) is 2. The highest BCUT2D eigenvalue weighted by molar-refractivity contribution is 6.16. The molecule has 0 saturated carbocycles. The molecule has 4 fully saturated rings. The van der Waals surface area contributed by atoms with Gasteiger partial charge in [0.1, 0.15) is 35.5 Å². The normalized spacial score (nSPS) is 19.8. The molecule has 0 spiro atoms. The molecule has 4 aliphatic heterocycles. The Balaban J connectivity index is 0.00000285. The predicted octanol–water partition coefficient (Wildman–Crippen LogP) is 5.32. The third-order valence-electron chi connectivity index (χ3n) is 12.3. The highest BCUT2D eigenvalue weighted by Gasteiger charge is 2.36. The summed E-state index contributed by atoms with van der Waals surface area (Å²) in [7, 11) is 1.54. The van der Waals surface area contributed by atoms with Gasteiger partial charge in [0.25, 0.3) is 5.91 Å². The molecule has 2 atom stereocenters. The first-order valence-electron chi connectivity index (χ1n) is 21.8. The molecule has 0 aliphatic carbocycles. The quantitative estimate of drug-likeness (QED) is 0.0728. The fourth-order valence-electron chi connectivity index (χ4n) is 8.93. The number of piperidine rings is 2. The van der Waals surface area contributed by atoms with E-state index in [0.717, 1.165) is 76.6 Å². The number of anilines is 3. The van der Waals surface area contributed by atoms with Crippen molar-refractivity contribution in [3.05, 3.63) is 101 Å². The second kappa shape index (κ2) is 20.1. The Morgan fingerprint density at radius 1 is 0.903 bits per heavy atom. The van der Waals surface area contributed by atoms with E-state index in [0.29, 0.717) is 40.8 Å². The summed E-state index contributed by atoms with van der Waals surface area (Å²) >= 11 is 0. The lowest BCUT2D eigenvalue weighted by Crippen LogP contribution is -2.53. The summed E-state index contributed by atoms with van der Waals surface area (Å²) in [6, 6.07) is 21.7. The predicted molar refractivity (Wildman–Crippen MR) is 240 cm³/mol. The number of imide groups is 1. The third-order valence-corrected chi connectivity index (χ3v) is 12.3. The van der Waals surface area contributed by atoms with Crippen LogP contribution in [0, 0.1) is 17.2 Å². The van der Waals surface area contributed by atoms with E-state index in [-0.39, 0.29) is 47.4 Å². The molecule has 0 bridgehead atoms. The molecule has 5 N–H and O–H groups in total. The molecule has 1 aromatic heterocycles. The molecule has 15 heteroatoms. The van der Waals surface area contributed by atoms with Gasteiger partial charge < -0.3 is 35.4 Å². The lowest BCUT2D eigenvalue weighted by molar-refractivity contribution is -0.136. The van der Waals surface area contributed by atoms with Crippen molar-refractivity contribution in [1.82, 2.24) is 30.0 Å². The van der Waals surface area contributed by atoms with Crippen LogP contribution in [0.1, 0.15) is 77.8 Å². The van der Waals surface area contributed by atoms with Gasteiger partial charge in [-0.15, -0.1) is 0 Å². The zero-order chi connectivity index (χ0) is 43.8. The fraction of sp³-hybridized carbons (Fsp3) is 0.426. The number of amides is 3. The van der Waals surface area contributed by atoms with Crippen molar-refractivity contribution >= 4 is 47.0 Å². The van der Waals surface area contributed by atoms with Gasteiger partial charge in [-0.25, -0.2) is 9.97 Å². The van der Waals surface area contributed by atoms with Gasteiger partial charge in [-0.1, -0.05) is 32.0 Å². The van der Waals surface area contributed by atoms with Crippen molar-refractivity contribution in [3.63, 3.8) is 0 Å². The summed E-state index contributed by atoms with van der Waals surface area (Å²) in [6.07, 6.45) is 5.65. The van der Waals surface area contributed by atoms with Gasteiger partial charge in [0.15, 0.2) is 6.29 Å². The summed E-state index contributed by atoms with van der Waals surface area (Å²) in [6.45, 7) is 12.0. The summed E-state index contributed by atoms with van der Waals surface area (Å²) in [5, 5.41) is 14.9. The number of nitrogens with two attached hydrogens (primary N) is 1. The number of aromatic nitrogens is 2. The molecule has 2 unspecified atom stereocenters. The number of hydrogen-bond acceptors (Lipinski definition) is 13. The summed E-state index contributed by atoms with van der Waals surface area (Å²) in [5.74, 6) is 2.16. The lowest BCUT2D eigenvalue weighted by Gasteiger charge is -2.43. The van der Waals surface area contributed by atoms with E-state index in [1.54, 1.807) is 19.2 Å². The zero-order valence-corrected chi connectivity index (χ0v) is 35.9. The Morgan fingerprint density at radius 2 is 1.60 bits per heavy atom. The molecule has 3 amide bonds. The van der Waals surface area contributed by atoms with Crippen LogP contribution >= 0.6 is 0 Å². The van der Waals surface area contributed by atoms with Crippen LogP contribution in [0.2, 0.25) is 0 Å². The Labute approximate surface area is 363 Å². The molecule has 5 heterocycles. The maximum atomic E-state index is 13.5. The summed E-state index contributed by atoms with van der Waals surface area (Å²) in [5.41, 5.74) is 9.22. The number of nitrogen functional groups attached to an aromatic ring is 1. The molecule has 4 aliphatic rings. The number of hydrogen-bond donors (Lipinski definition) is 4. The first kappa shape index (κ1) is 43.9. The number of rotatable bonds is 14. The minimum absolute atomic E-state index is 0.167. The van der Waals surface area contributed by atoms with Crippen LogP contribution in [-0.2, 0) is 9.59 Å². The van der Waals surface area contributed by atoms with Gasteiger partial charge in [-0.05, 0) is 92.7 Å². The second-order valence-corrected chi connectivity index (χ2v) is 16.5. The van der Waals surface area contributed by atoms with Gasteiger partial charge >= 0.3 is 0 Å². The Hall–Kier alpha value is -6.19. The lowest BCUT2D eigenvalue weighted by atomic mass is 9.96. The average Bonchev–Trinajstić information content (AvgIpc) is 3.72. The molecule has 3 aromatic carbocycles. The topological polar surface area (TPSA) is 190 Å². The van der Waals surface area contributed by atoms with Crippen LogP contribution in [0.4, 0.5) is 17.3 Å². The molecule has 0 radical (unpaired) electrons. The van der Waals surface area contributed by atoms with Gasteiger partial charge in [0.05, 0.1) is 16.8 Å². The molecule has 62 heavy (non-hydrogen) atoms. The minimum Gasteiger partial charge on any atom is -0.457 e. The van der Waals surface area contributed by atoms with Gasteiger partial charge in [0, 0.05) is 88.1 Å². The molecular formula is C47H58N10O5. The first-order chi connectivity index (χ1) is 30.1. The molecule has 8 rings (SSSR count). The standard InChI is InChI=1S/C45H52N10O5.C2H6/c1-52(38-13-14-39(57)51-44(38)58)45(59)37-21-34(10-7-32(37)27-56)55-25-30(26-55)24-54-18-15-29(23-54)22-53-19-16-33(17-20-53)50-43-40(42(47)48-28-49-43)41(46)31-8-11-36(12-9-31)60-35-5-3-2-4-6-35;1-2/h2-12,21,27-30,33,38,46H,13-20,22-26H2,1H3,(H,51,57,58)(H3,47,48,49,50);1-2H3. The second-order valence-electron chi connectivity index (χ2n) is 16.5. The summed E-state index contributed by atoms with van der Waals surface area (Å²) in [4.78, 5) is 66.9. The number of para-hydroxylation sites is 1. The number of benzene rings is 3. The first-order valence-corrected chi connectivity index (χ1v) is 21.8. The summed E-state index contributed by atoms with van der Waals surface area (Å²) < 4.78 is 5.93. The van der Waals surface area contributed by atoms with E-state index in [9.17, 15) is 19.2 Å². The zero-order valence-electron chi connectivity index (χ0n) is 35.9. The molecule has 4 aromatic rings. The van der Waals surface area contributed by atoms with Crippen molar-refractivity contribution in [2.75, 3.05) is 75.4 Å². The van der Waals surface area contributed by atoms with Crippen molar-refractivity contribution in [1.29, 1.82) is 5.41 Å². The molecular weight excluding hydrogens is 785 g/mol. The van der Waals surface area contributed by atoms with Crippen molar-refractivity contribution in [2.45, 2.75) is 58.0 Å². The number of likely N-dealkylation sites (N-methyl/N-ethyl adjacent to an activating group) is 1. The third kappa shape index (κ3) is 10.3. The van der Waals surface area contributed by atoms with Crippen LogP contribution in [-0.4, -0.2) is 126 Å². The molecule has 326 valence electrons. The Morgan fingerprint density at radius 3 is 2.31 bits per heavy atom. The molecule has 4 saturated heterocycles. The van der Waals surface area contributed by atoms with Crippen LogP contribution in [0.15, 0.2) is 79.1 Å². The maximum absolute atomic E-state index is 13.5. The minimum atomic E-state index is -0.760. The number of ether oxygens (including phenoxy) is 1. The van der Waals surface area contributed by atoms with E-state index in [2.05, 4.69) is 35.3 Å². The largest absolute Gasteiger partial charge is 0.457 e. The fourth-order valence-corrected chi connectivity index (χ4v) is 8.93. The van der Waals surface area contributed by atoms with Crippen LogP contribution in [0.5, 0.6) is 11.5 Å². The van der Waals surface area contributed by atoms with Crippen molar-refractivity contribution in [2.24, 2.45) is 11.8 Å². The highest BCUT2D eigenvalue weighted by Crippen LogP contribution is 2.31. The number of carbonyl (C=O) groups is 4. The van der Waals surface area contributed by atoms with Crippen molar-refractivity contribution in [3.8, 4) is 11.5 Å². The van der Waals surface area contributed by atoms with Gasteiger partial charge in [0.2, 0.25) is 11.8 Å². The number of nitrogens with zero attached hydrogens (tertiary/aromatic N) is 6. The molecule has 15 nitrogen and oxygen atoms in total. The SMILES string of the molecule is CC.CN(C(=O)c1cc(N2CC(CN3CCC(CN4CCC(Nc5ncnc(N)c5C(=N)c5ccc(Oc6ccccc6)cc5)CC4)C3)C2)ccc1C=O)C1CCC(=O)NC1=O. The van der Waals surface area contributed by atoms with Crippen LogP contribution < -0.4 is 26.0 Å².